The van der Waals surface area contributed by atoms with Crippen LogP contribution in [0.2, 0.25) is 0 Å². The number of nitrogens with zero attached hydrogens (tertiary/aromatic N) is 4. The Morgan fingerprint density at radius 2 is 1.94 bits per heavy atom. The van der Waals surface area contributed by atoms with Crippen LogP contribution in [0.25, 0.3) is 16.9 Å². The molecule has 0 radical (unpaired) electrons. The molecule has 3 aromatic rings. The number of nitrogens with one attached hydrogen (secondary N) is 1. The van der Waals surface area contributed by atoms with E-state index in [1.165, 1.54) is 4.90 Å². The highest BCUT2D eigenvalue weighted by Crippen LogP contribution is 2.30. The average Bonchev–Trinajstić information content (AvgIpc) is 3.39. The van der Waals surface area contributed by atoms with Gasteiger partial charge in [0.2, 0.25) is 11.8 Å². The molecule has 2 aromatic carbocycles. The van der Waals surface area contributed by atoms with Crippen LogP contribution in [0.15, 0.2) is 42.6 Å². The Bertz CT molecular complexity index is 1270. The van der Waals surface area contributed by atoms with Crippen LogP contribution in [0.1, 0.15) is 34.3 Å². The normalized spacial score (nSPS) is 18.0. The highest BCUT2D eigenvalue weighted by molar-refractivity contribution is 6.05. The number of carbonyl (C=O) groups is 3. The fraction of sp³-hybridized carbons (Fsp3) is 0.261. The molecule has 0 saturated carbocycles. The van der Waals surface area contributed by atoms with Crippen molar-refractivity contribution in [3.05, 3.63) is 59.3 Å². The van der Waals surface area contributed by atoms with Gasteiger partial charge in [0.1, 0.15) is 17.5 Å². The number of benzene rings is 2. The van der Waals surface area contributed by atoms with Crippen LogP contribution >= 0.6 is 0 Å². The number of rotatable bonds is 4. The summed E-state index contributed by atoms with van der Waals surface area (Å²) in [6, 6.07) is 10.6. The third kappa shape index (κ3) is 3.31. The van der Waals surface area contributed by atoms with Crippen molar-refractivity contribution in [1.29, 1.82) is 0 Å². The minimum absolute atomic E-state index is 0.222. The van der Waals surface area contributed by atoms with Gasteiger partial charge < -0.3 is 9.64 Å². The van der Waals surface area contributed by atoms with Crippen molar-refractivity contribution in [1.82, 2.24) is 25.2 Å². The molecule has 32 heavy (non-hydrogen) atoms. The van der Waals surface area contributed by atoms with Crippen molar-refractivity contribution in [2.75, 3.05) is 7.11 Å². The lowest BCUT2D eigenvalue weighted by Gasteiger charge is -2.29. The molecule has 3 heterocycles. The number of hydrogen-bond acceptors (Lipinski definition) is 6. The lowest BCUT2D eigenvalue weighted by molar-refractivity contribution is -0.136. The lowest BCUT2D eigenvalue weighted by atomic mass is 10.0. The van der Waals surface area contributed by atoms with Crippen LogP contribution in [0.5, 0.6) is 5.75 Å². The molecule has 162 valence electrons. The predicted molar refractivity (Wildman–Crippen MR) is 114 cm³/mol. The van der Waals surface area contributed by atoms with Gasteiger partial charge in [-0.2, -0.15) is 0 Å². The first-order valence-corrected chi connectivity index (χ1v) is 10.3. The van der Waals surface area contributed by atoms with E-state index in [0.29, 0.717) is 29.9 Å². The van der Waals surface area contributed by atoms with E-state index < -0.39 is 11.9 Å². The molecule has 3 amide bonds. The summed E-state index contributed by atoms with van der Waals surface area (Å²) in [5.41, 5.74) is 4.72. The first-order chi connectivity index (χ1) is 15.4. The van der Waals surface area contributed by atoms with Crippen molar-refractivity contribution in [2.24, 2.45) is 0 Å². The van der Waals surface area contributed by atoms with Gasteiger partial charge in [0.05, 0.1) is 19.0 Å². The molecule has 5 rings (SSSR count). The highest BCUT2D eigenvalue weighted by Gasteiger charge is 2.39. The van der Waals surface area contributed by atoms with Gasteiger partial charge in [-0.05, 0) is 48.7 Å². The van der Waals surface area contributed by atoms with Crippen LogP contribution in [-0.4, -0.2) is 50.8 Å². The van der Waals surface area contributed by atoms with Crippen molar-refractivity contribution in [3.63, 3.8) is 0 Å². The van der Waals surface area contributed by atoms with E-state index in [1.807, 2.05) is 37.3 Å². The Morgan fingerprint density at radius 3 is 2.72 bits per heavy atom. The van der Waals surface area contributed by atoms with E-state index in [1.54, 1.807) is 24.1 Å². The van der Waals surface area contributed by atoms with E-state index in [-0.39, 0.29) is 18.2 Å². The number of aromatic nitrogens is 3. The maximum Gasteiger partial charge on any atom is 0.255 e. The van der Waals surface area contributed by atoms with Gasteiger partial charge >= 0.3 is 0 Å². The van der Waals surface area contributed by atoms with Crippen molar-refractivity contribution >= 4 is 17.7 Å². The predicted octanol–water partition coefficient (Wildman–Crippen LogP) is 2.01. The summed E-state index contributed by atoms with van der Waals surface area (Å²) >= 11 is 0. The summed E-state index contributed by atoms with van der Waals surface area (Å²) in [4.78, 5) is 38.2. The number of ether oxygens (including phenoxy) is 1. The number of hydrogen-bond donors (Lipinski definition) is 1. The molecular weight excluding hydrogens is 410 g/mol. The Morgan fingerprint density at radius 1 is 1.09 bits per heavy atom. The smallest absolute Gasteiger partial charge is 0.255 e. The topological polar surface area (TPSA) is 106 Å². The zero-order chi connectivity index (χ0) is 22.4. The molecule has 1 fully saturated rings. The monoisotopic (exact) mass is 431 g/mol. The van der Waals surface area contributed by atoms with Gasteiger partial charge in [-0.3, -0.25) is 19.7 Å². The minimum atomic E-state index is -0.634. The number of aryl methyl sites for hydroxylation is 1. The Hall–Kier alpha value is -4.01. The maximum atomic E-state index is 13.1. The largest absolute Gasteiger partial charge is 0.497 e. The van der Waals surface area contributed by atoms with Crippen molar-refractivity contribution in [3.8, 4) is 22.7 Å². The van der Waals surface area contributed by atoms with E-state index in [4.69, 9.17) is 4.74 Å². The standard InChI is InChI=1S/C23H21N5O4/c1-13-3-6-16(32-2)10-17(13)19-12-28(26-25-19)15-5-4-14-11-27(23(31)18(14)9-15)20-7-8-21(29)24-22(20)30/h3-6,9-10,12,20H,7-8,11H2,1-2H3,(H,24,29,30). The summed E-state index contributed by atoms with van der Waals surface area (Å²) in [5.74, 6) is -0.208. The lowest BCUT2D eigenvalue weighted by Crippen LogP contribution is -2.52. The van der Waals surface area contributed by atoms with Crippen LogP contribution in [0, 0.1) is 6.92 Å². The second-order valence-corrected chi connectivity index (χ2v) is 7.97. The van der Waals surface area contributed by atoms with Gasteiger partial charge in [-0.15, -0.1) is 5.10 Å². The van der Waals surface area contributed by atoms with Crippen LogP contribution in [0.3, 0.4) is 0 Å². The van der Waals surface area contributed by atoms with Gasteiger partial charge in [-0.25, -0.2) is 4.68 Å². The zero-order valence-corrected chi connectivity index (χ0v) is 17.7. The molecule has 0 aliphatic carbocycles. The molecule has 2 aliphatic heterocycles. The SMILES string of the molecule is COc1ccc(C)c(-c2cn(-c3ccc4c(c3)C(=O)N(C3CCC(=O)NC3=O)C4)nn2)c1. The fourth-order valence-corrected chi connectivity index (χ4v) is 4.20. The quantitative estimate of drug-likeness (QED) is 0.634. The zero-order valence-electron chi connectivity index (χ0n) is 17.7. The molecule has 0 bridgehead atoms. The molecule has 1 atom stereocenters. The summed E-state index contributed by atoms with van der Waals surface area (Å²) in [7, 11) is 1.62. The van der Waals surface area contributed by atoms with Gasteiger partial charge in [-0.1, -0.05) is 17.3 Å². The van der Waals surface area contributed by atoms with E-state index in [0.717, 1.165) is 22.4 Å². The van der Waals surface area contributed by atoms with E-state index in [9.17, 15) is 14.4 Å². The minimum Gasteiger partial charge on any atom is -0.497 e. The highest BCUT2D eigenvalue weighted by atomic mass is 16.5. The van der Waals surface area contributed by atoms with Crippen molar-refractivity contribution < 1.29 is 19.1 Å². The van der Waals surface area contributed by atoms with Gasteiger partial charge in [0, 0.05) is 24.1 Å². The molecule has 9 nitrogen and oxygen atoms in total. The first-order valence-electron chi connectivity index (χ1n) is 10.3. The van der Waals surface area contributed by atoms with Gasteiger partial charge in [0.25, 0.3) is 5.91 Å². The van der Waals surface area contributed by atoms with Crippen LogP contribution in [-0.2, 0) is 16.1 Å². The number of carbonyl (C=O) groups excluding carboxylic acids is 3. The molecule has 1 saturated heterocycles. The second-order valence-electron chi connectivity index (χ2n) is 7.97. The molecule has 1 aromatic heterocycles. The third-order valence-electron chi connectivity index (χ3n) is 5.99. The van der Waals surface area contributed by atoms with E-state index >= 15 is 0 Å². The molecule has 9 heteroatoms. The summed E-state index contributed by atoms with van der Waals surface area (Å²) < 4.78 is 6.94. The van der Waals surface area contributed by atoms with Gasteiger partial charge in [0.15, 0.2) is 0 Å². The maximum absolute atomic E-state index is 13.1. The summed E-state index contributed by atoms with van der Waals surface area (Å²) in [6.45, 7) is 2.33. The number of fused-ring (bicyclic) bond motifs is 1. The molecule has 2 aliphatic rings. The Kier molecular flexibility index (Phi) is 4.73. The third-order valence-corrected chi connectivity index (χ3v) is 5.99. The molecule has 0 spiro atoms. The molecule has 1 N–H and O–H groups in total. The number of piperidine rings is 1. The Balaban J connectivity index is 1.42. The molecular formula is C23H21N5O4. The van der Waals surface area contributed by atoms with Crippen LogP contribution in [0.4, 0.5) is 0 Å². The summed E-state index contributed by atoms with van der Waals surface area (Å²) in [5, 5.41) is 10.9. The molecule has 1 unspecified atom stereocenters. The Labute approximate surface area is 184 Å². The van der Waals surface area contributed by atoms with Crippen molar-refractivity contribution in [2.45, 2.75) is 32.4 Å². The van der Waals surface area contributed by atoms with E-state index in [2.05, 4.69) is 15.6 Å². The summed E-state index contributed by atoms with van der Waals surface area (Å²) in [6.07, 6.45) is 2.37. The number of amides is 3. The fourth-order valence-electron chi connectivity index (χ4n) is 4.20. The number of imide groups is 1. The average molecular weight is 431 g/mol. The second kappa shape index (κ2) is 7.60. The van der Waals surface area contributed by atoms with Crippen LogP contribution < -0.4 is 10.1 Å². The first kappa shape index (κ1) is 19.9. The number of methoxy groups -OCH3 is 1.